The number of nitrogens with zero attached hydrogens (tertiary/aromatic N) is 2. The predicted molar refractivity (Wildman–Crippen MR) is 120 cm³/mol. The molecule has 0 heterocycles. The van der Waals surface area contributed by atoms with E-state index in [1.807, 2.05) is 0 Å². The van der Waals surface area contributed by atoms with E-state index in [9.17, 15) is 29.8 Å². The summed E-state index contributed by atoms with van der Waals surface area (Å²) in [6.07, 6.45) is 0. The fraction of sp³-hybridized carbons (Fsp3) is 0.263. The van der Waals surface area contributed by atoms with Gasteiger partial charge in [0, 0.05) is 29.8 Å². The summed E-state index contributed by atoms with van der Waals surface area (Å²) in [5.74, 6) is -0.615. The number of ether oxygens (including phenoxy) is 3. The molecular weight excluding hydrogens is 560 g/mol. The van der Waals surface area contributed by atoms with E-state index in [1.165, 1.54) is 63.8 Å². The number of hydrogen-bond acceptors (Lipinski definition) is 9. The molecule has 0 bridgehead atoms. The lowest BCUT2D eigenvalue weighted by molar-refractivity contribution is -0.385. The number of carbonyl (C=O) groups excluding carboxylic acids is 2. The summed E-state index contributed by atoms with van der Waals surface area (Å²) in [4.78, 5) is 41.1. The Morgan fingerprint density at radius 3 is 1.72 bits per heavy atom. The normalized spacial score (nSPS) is 11.8. The van der Waals surface area contributed by atoms with Crippen LogP contribution < -0.4 is 4.74 Å². The summed E-state index contributed by atoms with van der Waals surface area (Å²) in [7, 11) is 3.93. The molecule has 0 aliphatic carbocycles. The minimum atomic E-state index is -0.803. The zero-order valence-corrected chi connectivity index (χ0v) is 20.2. The van der Waals surface area contributed by atoms with Gasteiger partial charge in [0.15, 0.2) is 0 Å². The molecule has 2 aromatic carbocycles. The number of nitro benzene ring substituents is 2. The Morgan fingerprint density at radius 1 is 0.812 bits per heavy atom. The van der Waals surface area contributed by atoms with Gasteiger partial charge in [-0.15, -0.1) is 0 Å². The molecule has 11 nitrogen and oxygen atoms in total. The molecule has 13 heteroatoms. The Hall–Kier alpha value is -3.06. The molecule has 0 radical (unpaired) electrons. The van der Waals surface area contributed by atoms with Gasteiger partial charge in [-0.25, -0.2) is 0 Å². The van der Waals surface area contributed by atoms with Crippen LogP contribution in [0.25, 0.3) is 0 Å². The average molecular weight is 578 g/mol. The Balaban J connectivity index is 0.000000323. The Kier molecular flexibility index (Phi) is 10.7. The summed E-state index contributed by atoms with van der Waals surface area (Å²) in [6.45, 7) is 0. The molecule has 2 rings (SSSR count). The molecular formula is C19H18Br2N2O9. The molecule has 2 unspecified atom stereocenters. The number of hydrogen-bond donors (Lipinski definition) is 0. The zero-order valence-electron chi connectivity index (χ0n) is 17.0. The summed E-state index contributed by atoms with van der Waals surface area (Å²) >= 11 is 6.24. The number of methoxy groups -OCH3 is 3. The van der Waals surface area contributed by atoms with Crippen molar-refractivity contribution in [3.8, 4) is 5.75 Å². The lowest BCUT2D eigenvalue weighted by atomic mass is 10.1. The van der Waals surface area contributed by atoms with Crippen LogP contribution in [-0.4, -0.2) is 43.1 Å². The van der Waals surface area contributed by atoms with Gasteiger partial charge in [-0.1, -0.05) is 44.0 Å². The van der Waals surface area contributed by atoms with Gasteiger partial charge in [-0.2, -0.15) is 0 Å². The van der Waals surface area contributed by atoms with Gasteiger partial charge in [0.1, 0.15) is 15.4 Å². The van der Waals surface area contributed by atoms with E-state index in [0.29, 0.717) is 16.9 Å². The highest BCUT2D eigenvalue weighted by atomic mass is 79.9. The van der Waals surface area contributed by atoms with Crippen LogP contribution in [0.5, 0.6) is 5.75 Å². The number of rotatable bonds is 7. The first-order valence-corrected chi connectivity index (χ1v) is 10.4. The standard InChI is InChI=1S/C10H10BrNO5.C9H8BrNO4/c1-16-8-4-3-6(12(14)15)5-7(8)9(11)10(13)17-2;1-15-9(12)8(10)6-2-4-7(5-3-6)11(13)14/h3-5,9H,1-2H3;2-5,8H,1H3. The van der Waals surface area contributed by atoms with Gasteiger partial charge in [-0.05, 0) is 11.6 Å². The molecule has 2 atom stereocenters. The van der Waals surface area contributed by atoms with Crippen molar-refractivity contribution in [1.29, 1.82) is 0 Å². The van der Waals surface area contributed by atoms with Crippen LogP contribution in [0.3, 0.4) is 0 Å². The lowest BCUT2D eigenvalue weighted by Gasteiger charge is -2.12. The number of alkyl halides is 2. The molecule has 2 aromatic rings. The van der Waals surface area contributed by atoms with Gasteiger partial charge in [0.25, 0.3) is 11.4 Å². The highest BCUT2D eigenvalue weighted by Crippen LogP contribution is 2.34. The van der Waals surface area contributed by atoms with Crippen LogP contribution >= 0.6 is 31.9 Å². The van der Waals surface area contributed by atoms with Crippen molar-refractivity contribution in [3.63, 3.8) is 0 Å². The van der Waals surface area contributed by atoms with Gasteiger partial charge < -0.3 is 14.2 Å². The maximum Gasteiger partial charge on any atom is 0.324 e. The number of esters is 2. The molecule has 0 aliphatic rings. The molecule has 0 aromatic heterocycles. The van der Waals surface area contributed by atoms with E-state index in [0.717, 1.165) is 0 Å². The Labute approximate surface area is 199 Å². The zero-order chi connectivity index (χ0) is 24.4. The fourth-order valence-electron chi connectivity index (χ4n) is 2.27. The molecule has 172 valence electrons. The first-order valence-electron chi connectivity index (χ1n) is 8.57. The van der Waals surface area contributed by atoms with Crippen LogP contribution in [-0.2, 0) is 19.1 Å². The highest BCUT2D eigenvalue weighted by molar-refractivity contribution is 9.09. The molecule has 0 spiro atoms. The molecule has 0 aliphatic heterocycles. The van der Waals surface area contributed by atoms with Crippen molar-refractivity contribution >= 4 is 55.2 Å². The number of carbonyl (C=O) groups is 2. The van der Waals surface area contributed by atoms with Crippen LogP contribution in [0.15, 0.2) is 42.5 Å². The van der Waals surface area contributed by atoms with E-state index in [2.05, 4.69) is 41.3 Å². The van der Waals surface area contributed by atoms with E-state index in [1.54, 1.807) is 0 Å². The molecule has 0 amide bonds. The number of halogens is 2. The molecule has 0 fully saturated rings. The summed E-state index contributed by atoms with van der Waals surface area (Å²) in [5.41, 5.74) is 0.846. The number of non-ortho nitro benzene ring substituents is 2. The summed E-state index contributed by atoms with van der Waals surface area (Å²) in [5, 5.41) is 21.0. The van der Waals surface area contributed by atoms with E-state index in [4.69, 9.17) is 4.74 Å². The third-order valence-electron chi connectivity index (χ3n) is 3.91. The summed E-state index contributed by atoms with van der Waals surface area (Å²) in [6, 6.07) is 9.71. The topological polar surface area (TPSA) is 148 Å². The van der Waals surface area contributed by atoms with Crippen LogP contribution in [0, 0.1) is 20.2 Å². The number of nitro groups is 2. The van der Waals surface area contributed by atoms with Gasteiger partial charge >= 0.3 is 11.9 Å². The Bertz CT molecular complexity index is 983. The van der Waals surface area contributed by atoms with E-state index >= 15 is 0 Å². The second-order valence-corrected chi connectivity index (χ2v) is 7.63. The second kappa shape index (κ2) is 12.7. The smallest absolute Gasteiger partial charge is 0.324 e. The van der Waals surface area contributed by atoms with Crippen molar-refractivity contribution < 1.29 is 33.6 Å². The Morgan fingerprint density at radius 2 is 1.28 bits per heavy atom. The predicted octanol–water partition coefficient (Wildman–Crippen LogP) is 4.42. The fourth-order valence-corrected chi connectivity index (χ4v) is 3.31. The first-order chi connectivity index (χ1) is 15.1. The van der Waals surface area contributed by atoms with Crippen LogP contribution in [0.1, 0.15) is 20.8 Å². The monoisotopic (exact) mass is 576 g/mol. The van der Waals surface area contributed by atoms with Crippen molar-refractivity contribution in [2.75, 3.05) is 21.3 Å². The SMILES string of the molecule is COC(=O)C(Br)c1cc([N+](=O)[O-])ccc1OC.COC(=O)C(Br)c1ccc([N+](=O)[O-])cc1. The quantitative estimate of drug-likeness (QED) is 0.202. The maximum atomic E-state index is 11.4. The van der Waals surface area contributed by atoms with Gasteiger partial charge in [0.2, 0.25) is 0 Å². The summed E-state index contributed by atoms with van der Waals surface area (Å²) < 4.78 is 14.1. The second-order valence-electron chi connectivity index (χ2n) is 5.80. The molecule has 0 N–H and O–H groups in total. The molecule has 0 saturated heterocycles. The maximum absolute atomic E-state index is 11.4. The van der Waals surface area contributed by atoms with Gasteiger partial charge in [0.05, 0.1) is 31.2 Å². The lowest BCUT2D eigenvalue weighted by Crippen LogP contribution is -2.09. The molecule has 32 heavy (non-hydrogen) atoms. The van der Waals surface area contributed by atoms with E-state index < -0.39 is 31.4 Å². The van der Waals surface area contributed by atoms with E-state index in [-0.39, 0.29) is 11.4 Å². The highest BCUT2D eigenvalue weighted by Gasteiger charge is 2.24. The molecule has 0 saturated carbocycles. The van der Waals surface area contributed by atoms with Crippen molar-refractivity contribution in [2.45, 2.75) is 9.65 Å². The van der Waals surface area contributed by atoms with Crippen LogP contribution in [0.4, 0.5) is 11.4 Å². The van der Waals surface area contributed by atoms with Gasteiger partial charge in [-0.3, -0.25) is 29.8 Å². The van der Waals surface area contributed by atoms with Crippen molar-refractivity contribution in [3.05, 3.63) is 73.8 Å². The first kappa shape index (κ1) is 27.0. The average Bonchev–Trinajstić information content (AvgIpc) is 2.81. The van der Waals surface area contributed by atoms with Crippen molar-refractivity contribution in [1.82, 2.24) is 0 Å². The minimum absolute atomic E-state index is 0.0108. The minimum Gasteiger partial charge on any atom is -0.496 e. The van der Waals surface area contributed by atoms with Crippen molar-refractivity contribution in [2.24, 2.45) is 0 Å². The third-order valence-corrected chi connectivity index (χ3v) is 5.68. The van der Waals surface area contributed by atoms with Crippen LogP contribution in [0.2, 0.25) is 0 Å². The number of benzene rings is 2. The largest absolute Gasteiger partial charge is 0.496 e. The third kappa shape index (κ3) is 7.27.